The molecule has 4 aromatic rings. The molecule has 0 radical (unpaired) electrons. The van der Waals surface area contributed by atoms with Crippen molar-refractivity contribution >= 4 is 28.8 Å². The lowest BCUT2D eigenvalue weighted by Gasteiger charge is -2.23. The van der Waals surface area contributed by atoms with Crippen LogP contribution < -0.4 is 0 Å². The molecule has 1 amide bonds. The number of rotatable bonds is 6. The van der Waals surface area contributed by atoms with Crippen molar-refractivity contribution in [3.05, 3.63) is 51.5 Å². The first-order chi connectivity index (χ1) is 14.4. The maximum absolute atomic E-state index is 12.6. The third-order valence-corrected chi connectivity index (χ3v) is 5.78. The number of thiazole rings is 1. The van der Waals surface area contributed by atoms with Crippen LogP contribution in [0.4, 0.5) is 0 Å². The molecule has 0 saturated heterocycles. The summed E-state index contributed by atoms with van der Waals surface area (Å²) in [5, 5.41) is 8.15. The number of aromatic nitrogens is 5. The van der Waals surface area contributed by atoms with Crippen LogP contribution in [0.3, 0.4) is 0 Å². The van der Waals surface area contributed by atoms with E-state index in [0.717, 1.165) is 11.1 Å². The summed E-state index contributed by atoms with van der Waals surface area (Å²) in [4.78, 5) is 27.1. The van der Waals surface area contributed by atoms with Crippen molar-refractivity contribution in [2.75, 3.05) is 7.05 Å². The minimum Gasteiger partial charge on any atom is -0.339 e. The van der Waals surface area contributed by atoms with Gasteiger partial charge in [0.25, 0.3) is 11.8 Å². The van der Waals surface area contributed by atoms with Gasteiger partial charge in [-0.2, -0.15) is 9.97 Å². The number of nitrogens with zero attached hydrogens (tertiary/aromatic N) is 6. The summed E-state index contributed by atoms with van der Waals surface area (Å²) in [7, 11) is 1.71. The van der Waals surface area contributed by atoms with Crippen molar-refractivity contribution in [2.45, 2.75) is 26.3 Å². The molecular formula is C19H17ClN6O3S. The SMILES string of the molecule is Cc1nc(-c2ccc(-c3nc(CC(C)N(C)C(=O)c4scnc4Cl)no3)cc2)no1. The van der Waals surface area contributed by atoms with Crippen LogP contribution >= 0.6 is 22.9 Å². The van der Waals surface area contributed by atoms with Gasteiger partial charge < -0.3 is 13.9 Å². The number of carbonyl (C=O) groups excluding carboxylic acids is 1. The van der Waals surface area contributed by atoms with Crippen LogP contribution in [0.25, 0.3) is 22.8 Å². The standard InChI is InChI=1S/C19H17ClN6O3S/c1-10(26(3)19(27)15-16(20)21-9-30-15)8-14-23-18(29-24-14)13-6-4-12(5-7-13)17-22-11(2)28-25-17/h4-7,9-10H,8H2,1-3H3. The molecule has 0 aliphatic rings. The second kappa shape index (κ2) is 8.33. The maximum Gasteiger partial charge on any atom is 0.267 e. The Balaban J connectivity index is 1.43. The molecule has 11 heteroatoms. The molecule has 4 rings (SSSR count). The molecule has 30 heavy (non-hydrogen) atoms. The summed E-state index contributed by atoms with van der Waals surface area (Å²) in [5.74, 6) is 1.74. The number of likely N-dealkylation sites (N-methyl/N-ethyl adjacent to an activating group) is 1. The highest BCUT2D eigenvalue weighted by Gasteiger charge is 2.23. The third-order valence-electron chi connectivity index (χ3n) is 4.56. The van der Waals surface area contributed by atoms with Gasteiger partial charge in [-0.1, -0.05) is 34.0 Å². The fraction of sp³-hybridized carbons (Fsp3) is 0.263. The van der Waals surface area contributed by atoms with E-state index in [1.165, 1.54) is 11.3 Å². The molecule has 1 atom stereocenters. The number of hydrogen-bond donors (Lipinski definition) is 0. The van der Waals surface area contributed by atoms with Crippen LogP contribution in [0.1, 0.15) is 28.3 Å². The second-order valence-electron chi connectivity index (χ2n) is 6.67. The Bertz CT molecular complexity index is 1170. The fourth-order valence-corrected chi connectivity index (χ4v) is 3.74. The first kappa shape index (κ1) is 20.2. The van der Waals surface area contributed by atoms with Gasteiger partial charge in [-0.3, -0.25) is 4.79 Å². The highest BCUT2D eigenvalue weighted by molar-refractivity contribution is 7.12. The van der Waals surface area contributed by atoms with E-state index in [9.17, 15) is 4.79 Å². The van der Waals surface area contributed by atoms with E-state index in [4.69, 9.17) is 20.6 Å². The van der Waals surface area contributed by atoms with Crippen molar-refractivity contribution < 1.29 is 13.8 Å². The van der Waals surface area contributed by atoms with Gasteiger partial charge in [-0.15, -0.1) is 11.3 Å². The first-order valence-electron chi connectivity index (χ1n) is 9.02. The average Bonchev–Trinajstić information content (AvgIpc) is 3.48. The molecule has 0 N–H and O–H groups in total. The normalized spacial score (nSPS) is 12.1. The Kier molecular flexibility index (Phi) is 5.60. The lowest BCUT2D eigenvalue weighted by Crippen LogP contribution is -2.36. The van der Waals surface area contributed by atoms with Gasteiger partial charge in [-0.05, 0) is 19.1 Å². The lowest BCUT2D eigenvalue weighted by molar-refractivity contribution is 0.0746. The minimum absolute atomic E-state index is 0.162. The molecule has 3 aromatic heterocycles. The molecule has 0 aliphatic heterocycles. The number of carbonyl (C=O) groups is 1. The zero-order valence-electron chi connectivity index (χ0n) is 16.4. The Morgan fingerprint density at radius 2 is 1.90 bits per heavy atom. The molecular weight excluding hydrogens is 428 g/mol. The number of hydrogen-bond acceptors (Lipinski definition) is 9. The van der Waals surface area contributed by atoms with Crippen LogP contribution in [0.2, 0.25) is 5.15 Å². The zero-order valence-corrected chi connectivity index (χ0v) is 17.9. The van der Waals surface area contributed by atoms with Crippen molar-refractivity contribution in [3.63, 3.8) is 0 Å². The van der Waals surface area contributed by atoms with E-state index in [1.54, 1.807) is 24.4 Å². The average molecular weight is 445 g/mol. The molecule has 0 saturated carbocycles. The highest BCUT2D eigenvalue weighted by Crippen LogP contribution is 2.24. The van der Waals surface area contributed by atoms with Crippen LogP contribution in [0, 0.1) is 6.92 Å². The number of aryl methyl sites for hydroxylation is 1. The molecule has 1 aromatic carbocycles. The molecule has 1 unspecified atom stereocenters. The van der Waals surface area contributed by atoms with E-state index >= 15 is 0 Å². The Hall–Kier alpha value is -3.11. The van der Waals surface area contributed by atoms with Crippen LogP contribution in [0.15, 0.2) is 38.8 Å². The molecule has 0 fully saturated rings. The van der Waals surface area contributed by atoms with Gasteiger partial charge in [0, 0.05) is 37.6 Å². The van der Waals surface area contributed by atoms with E-state index in [2.05, 4.69) is 25.3 Å². The molecule has 3 heterocycles. The summed E-state index contributed by atoms with van der Waals surface area (Å²) in [6, 6.07) is 7.26. The summed E-state index contributed by atoms with van der Waals surface area (Å²) in [6.07, 6.45) is 0.433. The van der Waals surface area contributed by atoms with Crippen molar-refractivity contribution in [1.29, 1.82) is 0 Å². The van der Waals surface area contributed by atoms with Gasteiger partial charge in [0.2, 0.25) is 11.7 Å². The second-order valence-corrected chi connectivity index (χ2v) is 7.88. The van der Waals surface area contributed by atoms with Gasteiger partial charge in [0.05, 0.1) is 5.51 Å². The molecule has 0 bridgehead atoms. The summed E-state index contributed by atoms with van der Waals surface area (Å²) < 4.78 is 10.4. The van der Waals surface area contributed by atoms with E-state index < -0.39 is 0 Å². The van der Waals surface area contributed by atoms with Crippen molar-refractivity contribution in [2.24, 2.45) is 0 Å². The van der Waals surface area contributed by atoms with Crippen LogP contribution in [-0.2, 0) is 6.42 Å². The number of halogens is 1. The van der Waals surface area contributed by atoms with Gasteiger partial charge in [-0.25, -0.2) is 4.98 Å². The minimum atomic E-state index is -0.189. The molecule has 0 aliphatic carbocycles. The predicted octanol–water partition coefficient (Wildman–Crippen LogP) is 3.91. The largest absolute Gasteiger partial charge is 0.339 e. The number of benzene rings is 1. The highest BCUT2D eigenvalue weighted by atomic mass is 35.5. The third kappa shape index (κ3) is 4.10. The smallest absolute Gasteiger partial charge is 0.267 e. The van der Waals surface area contributed by atoms with Crippen molar-refractivity contribution in [3.8, 4) is 22.8 Å². The number of amides is 1. The molecule has 9 nitrogen and oxygen atoms in total. The van der Waals surface area contributed by atoms with E-state index in [-0.39, 0.29) is 17.1 Å². The molecule has 0 spiro atoms. The predicted molar refractivity (Wildman–Crippen MR) is 110 cm³/mol. The Morgan fingerprint density at radius 1 is 1.17 bits per heavy atom. The quantitative estimate of drug-likeness (QED) is 0.440. The van der Waals surface area contributed by atoms with Gasteiger partial charge in [0.15, 0.2) is 11.0 Å². The maximum atomic E-state index is 12.6. The lowest BCUT2D eigenvalue weighted by atomic mass is 10.1. The van der Waals surface area contributed by atoms with Crippen LogP contribution in [0.5, 0.6) is 0 Å². The summed E-state index contributed by atoms with van der Waals surface area (Å²) >= 11 is 7.18. The van der Waals surface area contributed by atoms with E-state index in [1.807, 2.05) is 31.2 Å². The van der Waals surface area contributed by atoms with E-state index in [0.29, 0.717) is 34.7 Å². The van der Waals surface area contributed by atoms with Gasteiger partial charge in [0.1, 0.15) is 4.88 Å². The molecule has 154 valence electrons. The van der Waals surface area contributed by atoms with Crippen LogP contribution in [-0.4, -0.2) is 49.2 Å². The Morgan fingerprint density at radius 3 is 2.53 bits per heavy atom. The van der Waals surface area contributed by atoms with Crippen molar-refractivity contribution in [1.82, 2.24) is 30.2 Å². The zero-order chi connectivity index (χ0) is 21.3. The fourth-order valence-electron chi connectivity index (χ4n) is 2.77. The monoisotopic (exact) mass is 444 g/mol. The first-order valence-corrected chi connectivity index (χ1v) is 10.3. The van der Waals surface area contributed by atoms with Gasteiger partial charge >= 0.3 is 0 Å². The topological polar surface area (TPSA) is 111 Å². The summed E-state index contributed by atoms with van der Waals surface area (Å²) in [6.45, 7) is 3.65. The Labute approximate surface area is 180 Å². The summed E-state index contributed by atoms with van der Waals surface area (Å²) in [5.41, 5.74) is 3.14.